The first-order valence-corrected chi connectivity index (χ1v) is 6.04. The molecule has 0 heterocycles. The highest BCUT2D eigenvalue weighted by Gasteiger charge is 2.06. The topological polar surface area (TPSA) is 30.5 Å². The minimum absolute atomic E-state index is 0.125. The standard InChI is InChI=1S/C15H15F2NO2/c1-19-14-6-3-10(7-15(14)20-2)9-18-13-8-11(16)4-5-12(13)17/h3-8,18H,9H2,1-2H3. The van der Waals surface area contributed by atoms with Crippen LogP contribution in [0.5, 0.6) is 11.5 Å². The second-order valence-corrected chi connectivity index (χ2v) is 4.17. The molecule has 2 aromatic rings. The summed E-state index contributed by atoms with van der Waals surface area (Å²) in [7, 11) is 3.10. The number of methoxy groups -OCH3 is 2. The first kappa shape index (κ1) is 14.1. The van der Waals surface area contributed by atoms with E-state index in [0.29, 0.717) is 18.0 Å². The Morgan fingerprint density at radius 2 is 1.70 bits per heavy atom. The predicted molar refractivity (Wildman–Crippen MR) is 73.2 cm³/mol. The second kappa shape index (κ2) is 6.23. The van der Waals surface area contributed by atoms with Gasteiger partial charge in [-0.25, -0.2) is 8.78 Å². The van der Waals surface area contributed by atoms with Crippen molar-refractivity contribution in [1.29, 1.82) is 0 Å². The molecule has 2 aromatic carbocycles. The molecule has 0 aliphatic rings. The number of ether oxygens (including phenoxy) is 2. The number of halogens is 2. The summed E-state index contributed by atoms with van der Waals surface area (Å²) in [5, 5.41) is 2.85. The molecular formula is C15H15F2NO2. The van der Waals surface area contributed by atoms with Crippen LogP contribution in [0.1, 0.15) is 5.56 Å². The van der Waals surface area contributed by atoms with Gasteiger partial charge in [0.2, 0.25) is 0 Å². The highest BCUT2D eigenvalue weighted by Crippen LogP contribution is 2.28. The van der Waals surface area contributed by atoms with Crippen molar-refractivity contribution in [3.05, 3.63) is 53.6 Å². The zero-order valence-electron chi connectivity index (χ0n) is 11.2. The Hall–Kier alpha value is -2.30. The van der Waals surface area contributed by atoms with Crippen LogP contribution in [-0.4, -0.2) is 14.2 Å². The summed E-state index contributed by atoms with van der Waals surface area (Å²) in [6.45, 7) is 0.348. The van der Waals surface area contributed by atoms with Gasteiger partial charge in [-0.1, -0.05) is 6.07 Å². The Kier molecular flexibility index (Phi) is 4.40. The molecular weight excluding hydrogens is 264 g/mol. The molecule has 0 aromatic heterocycles. The molecule has 106 valence electrons. The second-order valence-electron chi connectivity index (χ2n) is 4.17. The minimum Gasteiger partial charge on any atom is -0.493 e. The van der Waals surface area contributed by atoms with Gasteiger partial charge in [-0.15, -0.1) is 0 Å². The highest BCUT2D eigenvalue weighted by atomic mass is 19.1. The molecule has 0 atom stereocenters. The number of rotatable bonds is 5. The first-order valence-electron chi connectivity index (χ1n) is 6.04. The van der Waals surface area contributed by atoms with Gasteiger partial charge in [0.05, 0.1) is 19.9 Å². The van der Waals surface area contributed by atoms with E-state index in [4.69, 9.17) is 9.47 Å². The average Bonchev–Trinajstić information content (AvgIpc) is 2.47. The third kappa shape index (κ3) is 3.17. The van der Waals surface area contributed by atoms with Gasteiger partial charge in [-0.3, -0.25) is 0 Å². The van der Waals surface area contributed by atoms with Crippen molar-refractivity contribution in [1.82, 2.24) is 0 Å². The van der Waals surface area contributed by atoms with Crippen LogP contribution in [-0.2, 0) is 6.54 Å². The first-order chi connectivity index (χ1) is 9.63. The molecule has 0 saturated heterocycles. The third-order valence-electron chi connectivity index (χ3n) is 2.86. The Morgan fingerprint density at radius 1 is 0.950 bits per heavy atom. The Labute approximate surface area is 116 Å². The minimum atomic E-state index is -0.494. The molecule has 3 nitrogen and oxygen atoms in total. The van der Waals surface area contributed by atoms with Crippen LogP contribution in [0.15, 0.2) is 36.4 Å². The molecule has 2 rings (SSSR count). The summed E-state index contributed by atoms with van der Waals surface area (Å²) in [4.78, 5) is 0. The van der Waals surface area contributed by atoms with Crippen molar-refractivity contribution in [2.75, 3.05) is 19.5 Å². The van der Waals surface area contributed by atoms with Crippen LogP contribution in [0.2, 0.25) is 0 Å². The van der Waals surface area contributed by atoms with E-state index in [1.807, 2.05) is 6.07 Å². The van der Waals surface area contributed by atoms with Gasteiger partial charge >= 0.3 is 0 Å². The Bertz CT molecular complexity index is 602. The molecule has 0 fully saturated rings. The van der Waals surface area contributed by atoms with Crippen molar-refractivity contribution >= 4 is 5.69 Å². The van der Waals surface area contributed by atoms with E-state index in [0.717, 1.165) is 23.8 Å². The fourth-order valence-corrected chi connectivity index (χ4v) is 1.82. The van der Waals surface area contributed by atoms with Gasteiger partial charge in [-0.2, -0.15) is 0 Å². The molecule has 0 aliphatic carbocycles. The zero-order valence-corrected chi connectivity index (χ0v) is 11.2. The lowest BCUT2D eigenvalue weighted by molar-refractivity contribution is 0.354. The van der Waals surface area contributed by atoms with Gasteiger partial charge in [0, 0.05) is 6.54 Å². The number of anilines is 1. The van der Waals surface area contributed by atoms with Crippen molar-refractivity contribution in [3.8, 4) is 11.5 Å². The summed E-state index contributed by atoms with van der Waals surface area (Å²) in [6, 6.07) is 8.66. The predicted octanol–water partition coefficient (Wildman–Crippen LogP) is 3.59. The molecule has 0 saturated carbocycles. The number of hydrogen-bond donors (Lipinski definition) is 1. The number of hydrogen-bond acceptors (Lipinski definition) is 3. The van der Waals surface area contributed by atoms with Gasteiger partial charge in [0.25, 0.3) is 0 Å². The van der Waals surface area contributed by atoms with Crippen LogP contribution in [0, 0.1) is 11.6 Å². The van der Waals surface area contributed by atoms with Crippen molar-refractivity contribution in [2.45, 2.75) is 6.54 Å². The zero-order chi connectivity index (χ0) is 14.5. The van der Waals surface area contributed by atoms with E-state index in [9.17, 15) is 8.78 Å². The van der Waals surface area contributed by atoms with E-state index in [2.05, 4.69) is 5.32 Å². The largest absolute Gasteiger partial charge is 0.493 e. The molecule has 5 heteroatoms. The van der Waals surface area contributed by atoms with E-state index in [1.165, 1.54) is 0 Å². The van der Waals surface area contributed by atoms with Gasteiger partial charge in [0.15, 0.2) is 11.5 Å². The smallest absolute Gasteiger partial charge is 0.161 e. The molecule has 0 bridgehead atoms. The van der Waals surface area contributed by atoms with E-state index < -0.39 is 11.6 Å². The maximum absolute atomic E-state index is 13.5. The molecule has 0 spiro atoms. The molecule has 20 heavy (non-hydrogen) atoms. The molecule has 0 unspecified atom stereocenters. The van der Waals surface area contributed by atoms with Gasteiger partial charge < -0.3 is 14.8 Å². The number of nitrogens with one attached hydrogen (secondary N) is 1. The summed E-state index contributed by atoms with van der Waals surface area (Å²) in [5.74, 6) is 0.229. The SMILES string of the molecule is COc1ccc(CNc2cc(F)ccc2F)cc1OC. The lowest BCUT2D eigenvalue weighted by Crippen LogP contribution is -2.02. The van der Waals surface area contributed by atoms with Crippen LogP contribution in [0.4, 0.5) is 14.5 Å². The van der Waals surface area contributed by atoms with E-state index in [1.54, 1.807) is 26.4 Å². The quantitative estimate of drug-likeness (QED) is 0.907. The Balaban J connectivity index is 2.12. The molecule has 0 aliphatic heterocycles. The van der Waals surface area contributed by atoms with Gasteiger partial charge in [-0.05, 0) is 35.9 Å². The molecule has 1 N–H and O–H groups in total. The van der Waals surface area contributed by atoms with Crippen LogP contribution in [0.25, 0.3) is 0 Å². The summed E-state index contributed by atoms with van der Waals surface area (Å²) in [5.41, 5.74) is 0.992. The van der Waals surface area contributed by atoms with Crippen molar-refractivity contribution < 1.29 is 18.3 Å². The Morgan fingerprint density at radius 3 is 2.40 bits per heavy atom. The highest BCUT2D eigenvalue weighted by molar-refractivity contribution is 5.47. The monoisotopic (exact) mass is 279 g/mol. The van der Waals surface area contributed by atoms with E-state index >= 15 is 0 Å². The fraction of sp³-hybridized carbons (Fsp3) is 0.200. The van der Waals surface area contributed by atoms with Crippen LogP contribution in [0.3, 0.4) is 0 Å². The summed E-state index contributed by atoms with van der Waals surface area (Å²) < 4.78 is 36.8. The maximum Gasteiger partial charge on any atom is 0.161 e. The summed E-state index contributed by atoms with van der Waals surface area (Å²) >= 11 is 0. The molecule has 0 amide bonds. The van der Waals surface area contributed by atoms with Crippen LogP contribution < -0.4 is 14.8 Å². The maximum atomic E-state index is 13.5. The van der Waals surface area contributed by atoms with Crippen molar-refractivity contribution in [2.24, 2.45) is 0 Å². The van der Waals surface area contributed by atoms with E-state index in [-0.39, 0.29) is 5.69 Å². The van der Waals surface area contributed by atoms with Crippen LogP contribution >= 0.6 is 0 Å². The van der Waals surface area contributed by atoms with Crippen molar-refractivity contribution in [3.63, 3.8) is 0 Å². The summed E-state index contributed by atoms with van der Waals surface area (Å²) in [6.07, 6.45) is 0. The molecule has 0 radical (unpaired) electrons. The lowest BCUT2D eigenvalue weighted by Gasteiger charge is -2.11. The lowest BCUT2D eigenvalue weighted by atomic mass is 10.2. The fourth-order valence-electron chi connectivity index (χ4n) is 1.82. The third-order valence-corrected chi connectivity index (χ3v) is 2.86. The number of benzene rings is 2. The average molecular weight is 279 g/mol. The normalized spacial score (nSPS) is 10.2. The van der Waals surface area contributed by atoms with Gasteiger partial charge in [0.1, 0.15) is 11.6 Å².